The van der Waals surface area contributed by atoms with Gasteiger partial charge >= 0.3 is 0 Å². The molecule has 0 aliphatic rings. The molecule has 0 unspecified atom stereocenters. The molecule has 18 heavy (non-hydrogen) atoms. The van der Waals surface area contributed by atoms with Gasteiger partial charge in [0.1, 0.15) is 18.5 Å². The van der Waals surface area contributed by atoms with Crippen molar-refractivity contribution in [1.29, 1.82) is 0 Å². The van der Waals surface area contributed by atoms with Crippen molar-refractivity contribution in [3.63, 3.8) is 0 Å². The SMILES string of the molecule is O=S(=O)(O)c1ccc(Nc2ncncn2)c(F)c1. The lowest BCUT2D eigenvalue weighted by Crippen LogP contribution is -2.02. The highest BCUT2D eigenvalue weighted by molar-refractivity contribution is 7.85. The molecule has 0 radical (unpaired) electrons. The molecule has 7 nitrogen and oxygen atoms in total. The second kappa shape index (κ2) is 4.63. The highest BCUT2D eigenvalue weighted by Gasteiger charge is 2.13. The van der Waals surface area contributed by atoms with Gasteiger partial charge in [-0.2, -0.15) is 8.42 Å². The van der Waals surface area contributed by atoms with Gasteiger partial charge in [-0.3, -0.25) is 4.55 Å². The van der Waals surface area contributed by atoms with E-state index in [9.17, 15) is 12.8 Å². The van der Waals surface area contributed by atoms with Crippen molar-refractivity contribution >= 4 is 21.8 Å². The van der Waals surface area contributed by atoms with Crippen LogP contribution >= 0.6 is 0 Å². The lowest BCUT2D eigenvalue weighted by Gasteiger charge is -2.06. The Labute approximate surface area is 101 Å². The van der Waals surface area contributed by atoms with Crippen LogP contribution in [0.25, 0.3) is 0 Å². The molecule has 9 heteroatoms. The molecule has 1 heterocycles. The molecule has 0 aliphatic carbocycles. The Kier molecular flexibility index (Phi) is 3.17. The van der Waals surface area contributed by atoms with Crippen molar-refractivity contribution in [2.75, 3.05) is 5.32 Å². The minimum absolute atomic E-state index is 0.0198. The molecule has 0 bridgehead atoms. The van der Waals surface area contributed by atoms with Crippen LogP contribution in [0.3, 0.4) is 0 Å². The molecule has 0 amide bonds. The summed E-state index contributed by atoms with van der Waals surface area (Å²) in [5.41, 5.74) is -0.0198. The van der Waals surface area contributed by atoms with E-state index in [1.165, 1.54) is 12.7 Å². The van der Waals surface area contributed by atoms with Crippen molar-refractivity contribution in [3.8, 4) is 0 Å². The van der Waals surface area contributed by atoms with Crippen LogP contribution in [-0.4, -0.2) is 27.9 Å². The second-order valence-electron chi connectivity index (χ2n) is 3.20. The fourth-order valence-corrected chi connectivity index (χ4v) is 1.67. The van der Waals surface area contributed by atoms with Gasteiger partial charge in [0.05, 0.1) is 10.6 Å². The van der Waals surface area contributed by atoms with Gasteiger partial charge in [0.2, 0.25) is 5.95 Å². The molecule has 0 saturated carbocycles. The third-order valence-electron chi connectivity index (χ3n) is 1.98. The normalized spacial score (nSPS) is 11.2. The highest BCUT2D eigenvalue weighted by atomic mass is 32.2. The van der Waals surface area contributed by atoms with Crippen LogP contribution in [-0.2, 0) is 10.1 Å². The first-order valence-corrected chi connectivity index (χ1v) is 6.07. The Morgan fingerprint density at radius 3 is 2.44 bits per heavy atom. The van der Waals surface area contributed by atoms with Gasteiger partial charge in [-0.15, -0.1) is 0 Å². The summed E-state index contributed by atoms with van der Waals surface area (Å²) < 4.78 is 43.9. The standard InChI is InChI=1S/C9H7FN4O3S/c10-7-3-6(18(15,16)17)1-2-8(7)14-9-12-4-11-5-13-9/h1-5H,(H,15,16,17)(H,11,12,13,14). The maximum Gasteiger partial charge on any atom is 0.294 e. The molecule has 1 aromatic heterocycles. The fraction of sp³-hybridized carbons (Fsp3) is 0. The summed E-state index contributed by atoms with van der Waals surface area (Å²) in [5, 5.41) is 2.54. The van der Waals surface area contributed by atoms with Crippen LogP contribution < -0.4 is 5.32 Å². The Balaban J connectivity index is 2.32. The summed E-state index contributed by atoms with van der Waals surface area (Å²) >= 11 is 0. The molecule has 0 aliphatic heterocycles. The number of hydrogen-bond donors (Lipinski definition) is 2. The van der Waals surface area contributed by atoms with E-state index in [0.717, 1.165) is 12.1 Å². The van der Waals surface area contributed by atoms with E-state index in [4.69, 9.17) is 4.55 Å². The lowest BCUT2D eigenvalue weighted by molar-refractivity contribution is 0.482. The number of anilines is 2. The summed E-state index contributed by atoms with van der Waals surface area (Å²) in [6.45, 7) is 0. The maximum absolute atomic E-state index is 13.6. The zero-order valence-electron chi connectivity index (χ0n) is 8.78. The average molecular weight is 270 g/mol. The predicted octanol–water partition coefficient (Wildman–Crippen LogP) is 1.00. The fourth-order valence-electron chi connectivity index (χ4n) is 1.18. The van der Waals surface area contributed by atoms with E-state index < -0.39 is 20.8 Å². The number of hydrogen-bond acceptors (Lipinski definition) is 6. The third kappa shape index (κ3) is 2.76. The number of halogens is 1. The summed E-state index contributed by atoms with van der Waals surface area (Å²) in [7, 11) is -4.42. The van der Waals surface area contributed by atoms with Gasteiger partial charge in [0, 0.05) is 0 Å². The van der Waals surface area contributed by atoms with Gasteiger partial charge in [-0.1, -0.05) is 0 Å². The summed E-state index contributed by atoms with van der Waals surface area (Å²) in [5.74, 6) is -0.742. The molecule has 0 atom stereocenters. The molecular weight excluding hydrogens is 263 g/mol. The van der Waals surface area contributed by atoms with Crippen molar-refractivity contribution in [1.82, 2.24) is 15.0 Å². The number of rotatable bonds is 3. The zero-order valence-corrected chi connectivity index (χ0v) is 9.59. The van der Waals surface area contributed by atoms with Crippen LogP contribution in [0.15, 0.2) is 35.7 Å². The number of benzene rings is 1. The van der Waals surface area contributed by atoms with Crippen LogP contribution in [0.2, 0.25) is 0 Å². The molecule has 1 aromatic carbocycles. The van der Waals surface area contributed by atoms with E-state index in [0.29, 0.717) is 6.07 Å². The first kappa shape index (κ1) is 12.3. The van der Waals surface area contributed by atoms with Crippen molar-refractivity contribution in [3.05, 3.63) is 36.7 Å². The van der Waals surface area contributed by atoms with Crippen molar-refractivity contribution in [2.24, 2.45) is 0 Å². The van der Waals surface area contributed by atoms with Crippen molar-refractivity contribution in [2.45, 2.75) is 4.90 Å². The topological polar surface area (TPSA) is 105 Å². The zero-order chi connectivity index (χ0) is 13.2. The highest BCUT2D eigenvalue weighted by Crippen LogP contribution is 2.20. The van der Waals surface area contributed by atoms with E-state index in [1.807, 2.05) is 0 Å². The van der Waals surface area contributed by atoms with Crippen molar-refractivity contribution < 1.29 is 17.4 Å². The van der Waals surface area contributed by atoms with Gasteiger partial charge in [-0.05, 0) is 18.2 Å². The van der Waals surface area contributed by atoms with Crippen LogP contribution in [0.5, 0.6) is 0 Å². The third-order valence-corrected chi connectivity index (χ3v) is 2.83. The molecule has 2 rings (SSSR count). The lowest BCUT2D eigenvalue weighted by atomic mass is 10.3. The van der Waals surface area contributed by atoms with Gasteiger partial charge in [-0.25, -0.2) is 19.3 Å². The summed E-state index contributed by atoms with van der Waals surface area (Å²) in [4.78, 5) is 10.5. The molecule has 2 N–H and O–H groups in total. The summed E-state index contributed by atoms with van der Waals surface area (Å²) in [6, 6.07) is 2.91. The molecule has 0 fully saturated rings. The van der Waals surface area contributed by atoms with E-state index in [2.05, 4.69) is 20.3 Å². The van der Waals surface area contributed by atoms with Crippen LogP contribution in [0.1, 0.15) is 0 Å². The number of aromatic nitrogens is 3. The van der Waals surface area contributed by atoms with Crippen LogP contribution in [0, 0.1) is 5.82 Å². The Hall–Kier alpha value is -2.13. The molecule has 94 valence electrons. The first-order chi connectivity index (χ1) is 8.47. The van der Waals surface area contributed by atoms with E-state index >= 15 is 0 Å². The van der Waals surface area contributed by atoms with Gasteiger partial charge < -0.3 is 5.32 Å². The average Bonchev–Trinajstić information content (AvgIpc) is 2.32. The Bertz CT molecular complexity index is 663. The smallest absolute Gasteiger partial charge is 0.294 e. The number of nitrogens with zero attached hydrogens (tertiary/aromatic N) is 3. The molecule has 2 aromatic rings. The molecule has 0 saturated heterocycles. The maximum atomic E-state index is 13.6. The minimum atomic E-state index is -4.42. The quantitative estimate of drug-likeness (QED) is 0.801. The summed E-state index contributed by atoms with van der Waals surface area (Å²) in [6.07, 6.45) is 2.44. The molecule has 0 spiro atoms. The monoisotopic (exact) mass is 270 g/mol. The second-order valence-corrected chi connectivity index (χ2v) is 4.63. The van der Waals surface area contributed by atoms with E-state index in [1.54, 1.807) is 0 Å². The van der Waals surface area contributed by atoms with Gasteiger partial charge in [0.25, 0.3) is 10.1 Å². The minimum Gasteiger partial charge on any atom is -0.322 e. The van der Waals surface area contributed by atoms with Gasteiger partial charge in [0.15, 0.2) is 0 Å². The largest absolute Gasteiger partial charge is 0.322 e. The number of nitrogens with one attached hydrogen (secondary N) is 1. The Morgan fingerprint density at radius 1 is 1.22 bits per heavy atom. The van der Waals surface area contributed by atoms with Crippen LogP contribution in [0.4, 0.5) is 16.0 Å². The van der Waals surface area contributed by atoms with E-state index in [-0.39, 0.29) is 11.6 Å². The first-order valence-electron chi connectivity index (χ1n) is 4.63. The predicted molar refractivity (Wildman–Crippen MR) is 59.3 cm³/mol. The Morgan fingerprint density at radius 2 is 1.89 bits per heavy atom. The molecular formula is C9H7FN4O3S.